The SMILES string of the molecule is O=S(=O)(Oc1cc(-c2ccc(F)cc2)cc2c1C1C=CC2O1)C(F)(F)F. The van der Waals surface area contributed by atoms with E-state index in [9.17, 15) is 26.0 Å². The van der Waals surface area contributed by atoms with Crippen molar-refractivity contribution in [1.82, 2.24) is 0 Å². The maximum atomic E-state index is 13.1. The summed E-state index contributed by atoms with van der Waals surface area (Å²) in [6.45, 7) is 0. The molecular formula is C17H10F4O4S. The normalized spacial score (nSPS) is 21.1. The van der Waals surface area contributed by atoms with Gasteiger partial charge in [-0.3, -0.25) is 0 Å². The van der Waals surface area contributed by atoms with Crippen molar-refractivity contribution >= 4 is 10.1 Å². The molecule has 0 aromatic heterocycles. The monoisotopic (exact) mass is 386 g/mol. The molecule has 4 rings (SSSR count). The second-order valence-electron chi connectivity index (χ2n) is 5.83. The summed E-state index contributed by atoms with van der Waals surface area (Å²) in [4.78, 5) is 0. The molecular weight excluding hydrogens is 376 g/mol. The molecule has 0 radical (unpaired) electrons. The summed E-state index contributed by atoms with van der Waals surface area (Å²) in [6, 6.07) is 8.11. The van der Waals surface area contributed by atoms with Crippen molar-refractivity contribution in [1.29, 1.82) is 0 Å². The molecule has 26 heavy (non-hydrogen) atoms. The second kappa shape index (κ2) is 5.55. The molecule has 2 aliphatic heterocycles. The summed E-state index contributed by atoms with van der Waals surface area (Å²) in [6.07, 6.45) is 2.18. The van der Waals surface area contributed by atoms with Crippen LogP contribution in [0, 0.1) is 5.82 Å². The molecule has 4 nitrogen and oxygen atoms in total. The van der Waals surface area contributed by atoms with E-state index in [1.807, 2.05) is 0 Å². The standard InChI is InChI=1S/C17H10F4O4S/c18-11-3-1-9(2-4-11)10-7-12-13-5-6-14(24-13)16(12)15(8-10)25-26(22,23)17(19,20)21/h1-8,13-14H. The van der Waals surface area contributed by atoms with Gasteiger partial charge in [0.15, 0.2) is 0 Å². The third kappa shape index (κ3) is 2.67. The summed E-state index contributed by atoms with van der Waals surface area (Å²) in [7, 11) is -5.83. The highest BCUT2D eigenvalue weighted by Gasteiger charge is 2.49. The number of hydrogen-bond acceptors (Lipinski definition) is 4. The van der Waals surface area contributed by atoms with Crippen LogP contribution in [0.5, 0.6) is 5.75 Å². The van der Waals surface area contributed by atoms with Crippen molar-refractivity contribution in [3.63, 3.8) is 0 Å². The van der Waals surface area contributed by atoms with Gasteiger partial charge in [-0.2, -0.15) is 21.6 Å². The molecule has 9 heteroatoms. The predicted molar refractivity (Wildman–Crippen MR) is 83.1 cm³/mol. The number of fused-ring (bicyclic) bond motifs is 5. The first-order chi connectivity index (χ1) is 12.2. The minimum atomic E-state index is -5.83. The zero-order chi connectivity index (χ0) is 18.7. The van der Waals surface area contributed by atoms with Crippen LogP contribution >= 0.6 is 0 Å². The van der Waals surface area contributed by atoms with Crippen LogP contribution in [0.15, 0.2) is 48.6 Å². The third-order valence-corrected chi connectivity index (χ3v) is 5.15. The third-order valence-electron chi connectivity index (χ3n) is 4.18. The van der Waals surface area contributed by atoms with Crippen molar-refractivity contribution in [3.05, 3.63) is 65.5 Å². The Morgan fingerprint density at radius 3 is 2.27 bits per heavy atom. The average molecular weight is 386 g/mol. The highest BCUT2D eigenvalue weighted by molar-refractivity contribution is 7.88. The lowest BCUT2D eigenvalue weighted by Crippen LogP contribution is -2.28. The fraction of sp³-hybridized carbons (Fsp3) is 0.176. The van der Waals surface area contributed by atoms with Crippen LogP contribution in [-0.4, -0.2) is 13.9 Å². The number of ether oxygens (including phenoxy) is 1. The Bertz CT molecular complexity index is 1010. The van der Waals surface area contributed by atoms with Crippen molar-refractivity contribution in [2.75, 3.05) is 0 Å². The van der Waals surface area contributed by atoms with Crippen LogP contribution in [0.4, 0.5) is 17.6 Å². The molecule has 2 aliphatic rings. The largest absolute Gasteiger partial charge is 0.534 e. The molecule has 0 N–H and O–H groups in total. The second-order valence-corrected chi connectivity index (χ2v) is 7.37. The van der Waals surface area contributed by atoms with Gasteiger partial charge < -0.3 is 8.92 Å². The van der Waals surface area contributed by atoms with E-state index in [-0.39, 0.29) is 5.56 Å². The van der Waals surface area contributed by atoms with Gasteiger partial charge >= 0.3 is 15.6 Å². The van der Waals surface area contributed by atoms with Gasteiger partial charge in [-0.25, -0.2) is 4.39 Å². The molecule has 0 spiro atoms. The zero-order valence-electron chi connectivity index (χ0n) is 12.8. The first kappa shape index (κ1) is 17.0. The topological polar surface area (TPSA) is 52.6 Å². The smallest absolute Gasteiger partial charge is 0.376 e. The quantitative estimate of drug-likeness (QED) is 0.340. The molecule has 2 bridgehead atoms. The van der Waals surface area contributed by atoms with E-state index in [4.69, 9.17) is 4.74 Å². The van der Waals surface area contributed by atoms with E-state index in [0.717, 1.165) is 0 Å². The molecule has 0 fully saturated rings. The zero-order valence-corrected chi connectivity index (χ0v) is 13.6. The van der Waals surface area contributed by atoms with Gasteiger partial charge in [-0.05, 0) is 41.0 Å². The van der Waals surface area contributed by atoms with Gasteiger partial charge in [-0.1, -0.05) is 24.3 Å². The van der Waals surface area contributed by atoms with Crippen LogP contribution < -0.4 is 4.18 Å². The fourth-order valence-corrected chi connectivity index (χ4v) is 3.49. The van der Waals surface area contributed by atoms with Gasteiger partial charge in [-0.15, -0.1) is 0 Å². The Kier molecular flexibility index (Phi) is 3.64. The highest BCUT2D eigenvalue weighted by Crippen LogP contribution is 2.51. The Morgan fingerprint density at radius 2 is 1.62 bits per heavy atom. The molecule has 2 atom stereocenters. The number of hydrogen-bond donors (Lipinski definition) is 0. The minimum Gasteiger partial charge on any atom is -0.376 e. The summed E-state index contributed by atoms with van der Waals surface area (Å²) < 4.78 is 84.2. The van der Waals surface area contributed by atoms with E-state index in [1.54, 1.807) is 18.2 Å². The van der Waals surface area contributed by atoms with Crippen LogP contribution in [-0.2, 0) is 14.9 Å². The number of rotatable bonds is 3. The summed E-state index contributed by atoms with van der Waals surface area (Å²) in [5.41, 5.74) is -3.90. The van der Waals surface area contributed by atoms with Gasteiger partial charge in [0.1, 0.15) is 23.8 Å². The average Bonchev–Trinajstić information content (AvgIpc) is 3.16. The number of halogens is 4. The fourth-order valence-electron chi connectivity index (χ4n) is 3.02. The lowest BCUT2D eigenvalue weighted by molar-refractivity contribution is -0.0500. The van der Waals surface area contributed by atoms with Crippen molar-refractivity contribution < 1.29 is 34.9 Å². The van der Waals surface area contributed by atoms with Crippen LogP contribution in [0.25, 0.3) is 11.1 Å². The van der Waals surface area contributed by atoms with E-state index >= 15 is 0 Å². The van der Waals surface area contributed by atoms with Crippen LogP contribution in [0.1, 0.15) is 23.3 Å². The van der Waals surface area contributed by atoms with E-state index in [0.29, 0.717) is 16.7 Å². The van der Waals surface area contributed by atoms with Crippen molar-refractivity contribution in [2.45, 2.75) is 17.7 Å². The molecule has 2 unspecified atom stereocenters. The van der Waals surface area contributed by atoms with Crippen molar-refractivity contribution in [3.8, 4) is 16.9 Å². The van der Waals surface area contributed by atoms with Crippen molar-refractivity contribution in [2.24, 2.45) is 0 Å². The summed E-state index contributed by atoms with van der Waals surface area (Å²) in [5.74, 6) is -0.924. The molecule has 0 saturated carbocycles. The molecule has 0 amide bonds. The Morgan fingerprint density at radius 1 is 0.962 bits per heavy atom. The van der Waals surface area contributed by atoms with E-state index in [2.05, 4.69) is 4.18 Å². The summed E-state index contributed by atoms with van der Waals surface area (Å²) >= 11 is 0. The molecule has 136 valence electrons. The maximum Gasteiger partial charge on any atom is 0.534 e. The number of alkyl halides is 3. The minimum absolute atomic E-state index is 0.246. The maximum absolute atomic E-state index is 13.1. The van der Waals surface area contributed by atoms with Gasteiger partial charge in [0.25, 0.3) is 0 Å². The Balaban J connectivity index is 1.86. The number of benzene rings is 2. The first-order valence-electron chi connectivity index (χ1n) is 7.44. The first-order valence-corrected chi connectivity index (χ1v) is 8.85. The molecule has 2 aromatic rings. The molecule has 2 heterocycles. The van der Waals surface area contributed by atoms with Gasteiger partial charge in [0.05, 0.1) is 0 Å². The van der Waals surface area contributed by atoms with E-state index < -0.39 is 39.4 Å². The molecule has 2 aromatic carbocycles. The van der Waals surface area contributed by atoms with E-state index in [1.165, 1.54) is 30.3 Å². The van der Waals surface area contributed by atoms with Crippen LogP contribution in [0.3, 0.4) is 0 Å². The van der Waals surface area contributed by atoms with Gasteiger partial charge in [0, 0.05) is 5.56 Å². The molecule has 0 saturated heterocycles. The predicted octanol–water partition coefficient (Wildman–Crippen LogP) is 4.40. The highest BCUT2D eigenvalue weighted by atomic mass is 32.2. The lowest BCUT2D eigenvalue weighted by atomic mass is 9.92. The Labute approximate surface area is 145 Å². The Hall–Kier alpha value is -2.39. The molecule has 0 aliphatic carbocycles. The van der Waals surface area contributed by atoms with Crippen LogP contribution in [0.2, 0.25) is 0 Å². The summed E-state index contributed by atoms with van der Waals surface area (Å²) in [5, 5.41) is 0. The van der Waals surface area contributed by atoms with Gasteiger partial charge in [0.2, 0.25) is 0 Å². The lowest BCUT2D eigenvalue weighted by Gasteiger charge is -2.17.